The molecule has 2 atom stereocenters. The topological polar surface area (TPSA) is 77.0 Å². The number of benzene rings is 3. The largest absolute Gasteiger partial charge is 0.508 e. The molecule has 7 heteroatoms. The summed E-state index contributed by atoms with van der Waals surface area (Å²) in [5.41, 5.74) is 4.77. The van der Waals surface area contributed by atoms with Crippen LogP contribution in [0.1, 0.15) is 11.6 Å². The molecule has 3 aromatic rings. The van der Waals surface area contributed by atoms with Crippen LogP contribution in [-0.2, 0) is 4.79 Å². The number of aliphatic imine (C=N–C) groups is 1. The summed E-state index contributed by atoms with van der Waals surface area (Å²) in [5, 5.41) is 17.3. The Morgan fingerprint density at radius 1 is 1.00 bits per heavy atom. The molecule has 1 amide bonds. The molecule has 0 bridgehead atoms. The van der Waals surface area contributed by atoms with Gasteiger partial charge < -0.3 is 10.4 Å². The van der Waals surface area contributed by atoms with E-state index in [9.17, 15) is 9.90 Å². The van der Waals surface area contributed by atoms with Crippen LogP contribution in [0.5, 0.6) is 5.75 Å². The second kappa shape index (κ2) is 6.31. The third-order valence-corrected chi connectivity index (χ3v) is 5.33. The number of hydrogen-bond acceptors (Lipinski definition) is 5. The minimum atomic E-state index is -0.622. The van der Waals surface area contributed by atoms with Crippen LogP contribution in [0, 0.1) is 5.92 Å². The molecule has 0 aliphatic carbocycles. The fourth-order valence-electron chi connectivity index (χ4n) is 3.95. The number of nitrogens with zero attached hydrogens (tertiary/aromatic N) is 2. The molecule has 0 radical (unpaired) electrons. The number of fused-ring (bicyclic) bond motifs is 2. The van der Waals surface area contributed by atoms with Crippen LogP contribution < -0.4 is 15.8 Å². The number of nitrogens with one attached hydrogen (secondary N) is 2. The highest BCUT2D eigenvalue weighted by atomic mass is 32.1. The lowest BCUT2D eigenvalue weighted by atomic mass is 9.87. The van der Waals surface area contributed by atoms with Crippen molar-refractivity contribution in [3.63, 3.8) is 0 Å². The number of anilines is 1. The van der Waals surface area contributed by atoms with E-state index in [-0.39, 0.29) is 16.8 Å². The summed E-state index contributed by atoms with van der Waals surface area (Å²) in [4.78, 5) is 17.2. The summed E-state index contributed by atoms with van der Waals surface area (Å²) in [7, 11) is 0. The maximum atomic E-state index is 12.9. The molecule has 6 nitrogen and oxygen atoms in total. The van der Waals surface area contributed by atoms with E-state index in [1.54, 1.807) is 6.07 Å². The van der Waals surface area contributed by atoms with Crippen LogP contribution in [0.3, 0.4) is 0 Å². The van der Waals surface area contributed by atoms with Gasteiger partial charge in [0.05, 0.1) is 11.7 Å². The average Bonchev–Trinajstić information content (AvgIpc) is 3.08. The van der Waals surface area contributed by atoms with E-state index in [0.29, 0.717) is 11.4 Å². The van der Waals surface area contributed by atoms with Crippen molar-refractivity contribution in [2.24, 2.45) is 10.9 Å². The summed E-state index contributed by atoms with van der Waals surface area (Å²) in [6.07, 6.45) is 0. The van der Waals surface area contributed by atoms with E-state index in [0.717, 1.165) is 16.5 Å². The second-order valence-electron chi connectivity index (χ2n) is 6.75. The normalized spacial score (nSPS) is 21.1. The molecule has 2 heterocycles. The van der Waals surface area contributed by atoms with Gasteiger partial charge in [0.15, 0.2) is 0 Å². The van der Waals surface area contributed by atoms with Gasteiger partial charge in [-0.2, -0.15) is 0 Å². The summed E-state index contributed by atoms with van der Waals surface area (Å²) in [5.74, 6) is -0.245. The third kappa shape index (κ3) is 2.51. The van der Waals surface area contributed by atoms with E-state index in [2.05, 4.69) is 15.7 Å². The van der Waals surface area contributed by atoms with E-state index < -0.39 is 12.0 Å². The van der Waals surface area contributed by atoms with Gasteiger partial charge in [-0.15, -0.1) is 0 Å². The van der Waals surface area contributed by atoms with E-state index >= 15 is 0 Å². The van der Waals surface area contributed by atoms with Gasteiger partial charge in [0.1, 0.15) is 17.5 Å². The van der Waals surface area contributed by atoms with E-state index in [1.165, 1.54) is 0 Å². The lowest BCUT2D eigenvalue weighted by Gasteiger charge is -2.29. The number of thiocarbonyl (C=S) groups is 1. The smallest absolute Gasteiger partial charge is 0.239 e. The Labute approximate surface area is 166 Å². The number of amidine groups is 1. The number of hydrogen-bond donors (Lipinski definition) is 3. The van der Waals surface area contributed by atoms with Gasteiger partial charge in [-0.05, 0) is 41.2 Å². The van der Waals surface area contributed by atoms with Crippen LogP contribution in [0.25, 0.3) is 10.8 Å². The molecule has 3 aromatic carbocycles. The zero-order valence-electron chi connectivity index (χ0n) is 14.7. The fraction of sp³-hybridized carbons (Fsp3) is 0.0952. The second-order valence-corrected chi connectivity index (χ2v) is 7.14. The highest BCUT2D eigenvalue weighted by Gasteiger charge is 2.48. The summed E-state index contributed by atoms with van der Waals surface area (Å²) < 4.78 is 0. The zero-order valence-corrected chi connectivity index (χ0v) is 15.5. The molecule has 0 aromatic heterocycles. The van der Waals surface area contributed by atoms with Crippen LogP contribution in [0.2, 0.25) is 0 Å². The van der Waals surface area contributed by atoms with Crippen molar-refractivity contribution in [2.45, 2.75) is 6.04 Å². The lowest BCUT2D eigenvalue weighted by molar-refractivity contribution is -0.122. The number of phenols is 1. The number of hydrazine groups is 1. The van der Waals surface area contributed by atoms with Crippen LogP contribution in [0.15, 0.2) is 71.7 Å². The molecule has 28 heavy (non-hydrogen) atoms. The number of amides is 1. The fourth-order valence-corrected chi connectivity index (χ4v) is 4.15. The number of para-hydroxylation sites is 1. The minimum Gasteiger partial charge on any atom is -0.508 e. The first-order valence-corrected chi connectivity index (χ1v) is 9.29. The molecule has 5 rings (SSSR count). The Bertz CT molecular complexity index is 1150. The van der Waals surface area contributed by atoms with Crippen molar-refractivity contribution >= 4 is 45.5 Å². The molecule has 3 N–H and O–H groups in total. The Morgan fingerprint density at radius 3 is 2.57 bits per heavy atom. The number of aromatic hydroxyl groups is 1. The zero-order chi connectivity index (χ0) is 19.3. The van der Waals surface area contributed by atoms with Gasteiger partial charge in [0.25, 0.3) is 0 Å². The van der Waals surface area contributed by atoms with Crippen molar-refractivity contribution in [3.05, 3.63) is 72.3 Å². The quantitative estimate of drug-likeness (QED) is 0.589. The molecule has 0 spiro atoms. The van der Waals surface area contributed by atoms with Gasteiger partial charge in [0, 0.05) is 5.56 Å². The summed E-state index contributed by atoms with van der Waals surface area (Å²) >= 11 is 5.09. The predicted molar refractivity (Wildman–Crippen MR) is 112 cm³/mol. The Kier molecular flexibility index (Phi) is 3.77. The van der Waals surface area contributed by atoms with Crippen molar-refractivity contribution < 1.29 is 9.90 Å². The van der Waals surface area contributed by atoms with Gasteiger partial charge in [-0.25, -0.2) is 4.99 Å². The Balaban J connectivity index is 1.77. The maximum absolute atomic E-state index is 12.9. The highest BCUT2D eigenvalue weighted by Crippen LogP contribution is 2.44. The first-order chi connectivity index (χ1) is 13.6. The number of rotatable bonds is 2. The van der Waals surface area contributed by atoms with Crippen molar-refractivity contribution in [1.29, 1.82) is 0 Å². The predicted octanol–water partition coefficient (Wildman–Crippen LogP) is 3.04. The molecule has 1 fully saturated rings. The number of carbonyl (C=O) groups is 1. The molecule has 2 unspecified atom stereocenters. The van der Waals surface area contributed by atoms with E-state index in [4.69, 9.17) is 12.2 Å². The molecule has 2 aliphatic heterocycles. The maximum Gasteiger partial charge on any atom is 0.239 e. The SMILES string of the molecule is O=C1NC(=S)N=C2NN(c3ccccc3)C(c3c(O)ccc4ccccc34)C12. The van der Waals surface area contributed by atoms with Crippen LogP contribution in [0.4, 0.5) is 5.69 Å². The third-order valence-electron chi connectivity index (χ3n) is 5.14. The first-order valence-electron chi connectivity index (χ1n) is 8.88. The molecular formula is C21H16N4O2S. The number of phenolic OH excluding ortho intramolecular Hbond substituents is 1. The van der Waals surface area contributed by atoms with Gasteiger partial charge in [-0.3, -0.25) is 15.2 Å². The van der Waals surface area contributed by atoms with Gasteiger partial charge >= 0.3 is 0 Å². The number of carbonyl (C=O) groups excluding carboxylic acids is 1. The molecule has 0 saturated carbocycles. The van der Waals surface area contributed by atoms with Gasteiger partial charge in [-0.1, -0.05) is 48.5 Å². The minimum absolute atomic E-state index is 0.133. The van der Waals surface area contributed by atoms with Crippen LogP contribution >= 0.6 is 12.2 Å². The molecule has 1 saturated heterocycles. The monoisotopic (exact) mass is 388 g/mol. The molecular weight excluding hydrogens is 372 g/mol. The lowest BCUT2D eigenvalue weighted by Crippen LogP contribution is -2.44. The first kappa shape index (κ1) is 16.7. The van der Waals surface area contributed by atoms with Crippen molar-refractivity contribution in [1.82, 2.24) is 10.7 Å². The molecule has 138 valence electrons. The van der Waals surface area contributed by atoms with Crippen LogP contribution in [-0.4, -0.2) is 22.0 Å². The Morgan fingerprint density at radius 2 is 1.75 bits per heavy atom. The Hall–Kier alpha value is -3.45. The molecule has 2 aliphatic rings. The van der Waals surface area contributed by atoms with Gasteiger partial charge in [0.2, 0.25) is 11.0 Å². The summed E-state index contributed by atoms with van der Waals surface area (Å²) in [6.45, 7) is 0. The van der Waals surface area contributed by atoms with Crippen molar-refractivity contribution in [2.75, 3.05) is 5.01 Å². The van der Waals surface area contributed by atoms with Crippen molar-refractivity contribution in [3.8, 4) is 5.75 Å². The van der Waals surface area contributed by atoms with E-state index in [1.807, 2.05) is 65.7 Å². The standard InChI is InChI=1S/C21H16N4O2S/c26-15-11-10-12-6-4-5-9-14(12)16(15)18-17-19(22-21(28)23-20(17)27)24-25(18)13-7-2-1-3-8-13/h1-11,17-18,26H,(H2,22,23,24,27,28). The highest BCUT2D eigenvalue weighted by molar-refractivity contribution is 7.80. The summed E-state index contributed by atoms with van der Waals surface area (Å²) in [6, 6.07) is 20.5. The average molecular weight is 388 g/mol.